The highest BCUT2D eigenvalue weighted by Gasteiger charge is 2.36. The van der Waals surface area contributed by atoms with E-state index in [0.717, 1.165) is 42.2 Å². The maximum atomic E-state index is 12.7. The number of alkyl halides is 3. The zero-order chi connectivity index (χ0) is 23.4. The minimum atomic E-state index is -4.52. The van der Waals surface area contributed by atoms with Gasteiger partial charge in [-0.15, -0.1) is 22.7 Å². The largest absolute Gasteiger partial charge is 0.443 e. The molecule has 0 spiro atoms. The molecule has 3 aromatic heterocycles. The van der Waals surface area contributed by atoms with Gasteiger partial charge in [-0.2, -0.15) is 13.2 Å². The standard InChI is InChI=1S/C22H23F3N4O2S2/c23-22(24,25)21-28-16(13-32-21)20(31)29-9-5-14(6-10-29)3-1-2-7-27-19(30)17-11-15-4-8-26-12-18(15)33-17/h4,8,11-14H,1-3,5-7,9-10H2,(H,27,30). The number of rotatable bonds is 7. The van der Waals surface area contributed by atoms with Crippen molar-refractivity contribution < 1.29 is 22.8 Å². The Morgan fingerprint density at radius 2 is 2.00 bits per heavy atom. The lowest BCUT2D eigenvalue weighted by Gasteiger charge is -2.31. The summed E-state index contributed by atoms with van der Waals surface area (Å²) in [6, 6.07) is 3.76. The third-order valence-electron chi connectivity index (χ3n) is 5.74. The molecule has 0 atom stereocenters. The van der Waals surface area contributed by atoms with Crippen molar-refractivity contribution in [2.24, 2.45) is 5.92 Å². The number of nitrogens with one attached hydrogen (secondary N) is 1. The number of nitrogens with zero attached hydrogens (tertiary/aromatic N) is 3. The lowest BCUT2D eigenvalue weighted by atomic mass is 9.91. The molecule has 1 N–H and O–H groups in total. The average molecular weight is 497 g/mol. The second kappa shape index (κ2) is 10.2. The number of carbonyl (C=O) groups excluding carboxylic acids is 2. The van der Waals surface area contributed by atoms with Gasteiger partial charge in [-0.05, 0) is 42.7 Å². The second-order valence-electron chi connectivity index (χ2n) is 8.05. The smallest absolute Gasteiger partial charge is 0.351 e. The number of thiophene rings is 1. The minimum Gasteiger partial charge on any atom is -0.351 e. The van der Waals surface area contributed by atoms with Crippen molar-refractivity contribution in [3.8, 4) is 0 Å². The number of pyridine rings is 1. The summed E-state index contributed by atoms with van der Waals surface area (Å²) in [5, 5.41) is 4.17. The number of hydrogen-bond donors (Lipinski definition) is 1. The molecule has 2 amide bonds. The van der Waals surface area contributed by atoms with Crippen molar-refractivity contribution in [3.05, 3.63) is 45.5 Å². The lowest BCUT2D eigenvalue weighted by molar-refractivity contribution is -0.137. The first-order chi connectivity index (χ1) is 15.8. The van der Waals surface area contributed by atoms with Gasteiger partial charge in [-0.1, -0.05) is 12.8 Å². The van der Waals surface area contributed by atoms with Crippen LogP contribution in [0, 0.1) is 5.92 Å². The molecule has 6 nitrogen and oxygen atoms in total. The van der Waals surface area contributed by atoms with Crippen LogP contribution in [-0.2, 0) is 6.18 Å². The molecule has 11 heteroatoms. The molecule has 1 aliphatic rings. The van der Waals surface area contributed by atoms with Crippen LogP contribution in [0.4, 0.5) is 13.2 Å². The number of amides is 2. The van der Waals surface area contributed by atoms with E-state index in [9.17, 15) is 22.8 Å². The van der Waals surface area contributed by atoms with Crippen molar-refractivity contribution in [1.82, 2.24) is 20.2 Å². The molecule has 0 radical (unpaired) electrons. The third-order valence-corrected chi connectivity index (χ3v) is 7.71. The molecule has 33 heavy (non-hydrogen) atoms. The van der Waals surface area contributed by atoms with Gasteiger partial charge in [-0.3, -0.25) is 14.6 Å². The van der Waals surface area contributed by atoms with Gasteiger partial charge in [0.2, 0.25) is 0 Å². The summed E-state index contributed by atoms with van der Waals surface area (Å²) in [6.45, 7) is 1.66. The number of hydrogen-bond acceptors (Lipinski definition) is 6. The maximum absolute atomic E-state index is 12.7. The van der Waals surface area contributed by atoms with Gasteiger partial charge in [0, 0.05) is 37.4 Å². The van der Waals surface area contributed by atoms with E-state index in [4.69, 9.17) is 0 Å². The monoisotopic (exact) mass is 496 g/mol. The molecule has 0 aliphatic carbocycles. The number of unbranched alkanes of at least 4 members (excludes halogenated alkanes) is 1. The molecule has 0 saturated carbocycles. The normalized spacial score (nSPS) is 15.2. The highest BCUT2D eigenvalue weighted by Crippen LogP contribution is 2.32. The molecule has 0 unspecified atom stereocenters. The molecule has 176 valence electrons. The number of fused-ring (bicyclic) bond motifs is 1. The fourth-order valence-corrected chi connectivity index (χ4v) is 5.54. The molecule has 1 fully saturated rings. The first-order valence-corrected chi connectivity index (χ1v) is 12.4. The number of halogens is 3. The summed E-state index contributed by atoms with van der Waals surface area (Å²) < 4.78 is 39.1. The quantitative estimate of drug-likeness (QED) is 0.455. The molecule has 1 aliphatic heterocycles. The number of carbonyl (C=O) groups is 2. The second-order valence-corrected chi connectivity index (χ2v) is 9.99. The van der Waals surface area contributed by atoms with Crippen molar-refractivity contribution >= 4 is 44.6 Å². The molecule has 1 saturated heterocycles. The first kappa shape index (κ1) is 23.6. The Morgan fingerprint density at radius 1 is 1.21 bits per heavy atom. The van der Waals surface area contributed by atoms with Crippen LogP contribution in [0.1, 0.15) is 57.3 Å². The zero-order valence-electron chi connectivity index (χ0n) is 17.7. The third kappa shape index (κ3) is 5.89. The van der Waals surface area contributed by atoms with E-state index in [1.165, 1.54) is 16.7 Å². The Balaban J connectivity index is 1.14. The highest BCUT2D eigenvalue weighted by atomic mass is 32.1. The topological polar surface area (TPSA) is 75.2 Å². The summed E-state index contributed by atoms with van der Waals surface area (Å²) >= 11 is 1.88. The van der Waals surface area contributed by atoms with E-state index in [2.05, 4.69) is 15.3 Å². The Morgan fingerprint density at radius 3 is 2.70 bits per heavy atom. The van der Waals surface area contributed by atoms with E-state index in [-0.39, 0.29) is 11.6 Å². The highest BCUT2D eigenvalue weighted by molar-refractivity contribution is 7.20. The van der Waals surface area contributed by atoms with Crippen LogP contribution in [0.25, 0.3) is 10.1 Å². The van der Waals surface area contributed by atoms with E-state index in [1.807, 2.05) is 12.1 Å². The van der Waals surface area contributed by atoms with Gasteiger partial charge in [0.25, 0.3) is 11.8 Å². The fourth-order valence-electron chi connectivity index (χ4n) is 3.93. The van der Waals surface area contributed by atoms with Gasteiger partial charge in [0.1, 0.15) is 5.69 Å². The van der Waals surface area contributed by atoms with Crippen molar-refractivity contribution in [3.63, 3.8) is 0 Å². The lowest BCUT2D eigenvalue weighted by Crippen LogP contribution is -2.38. The molecular formula is C22H23F3N4O2S2. The van der Waals surface area contributed by atoms with Crippen LogP contribution in [0.3, 0.4) is 0 Å². The van der Waals surface area contributed by atoms with Gasteiger partial charge in [0.05, 0.1) is 9.58 Å². The van der Waals surface area contributed by atoms with Gasteiger partial charge in [-0.25, -0.2) is 4.98 Å². The molecule has 4 rings (SSSR count). The predicted octanol–water partition coefficient (Wildman–Crippen LogP) is 5.22. The average Bonchev–Trinajstić information content (AvgIpc) is 3.46. The summed E-state index contributed by atoms with van der Waals surface area (Å²) in [4.78, 5) is 34.6. The minimum absolute atomic E-state index is 0.0706. The summed E-state index contributed by atoms with van der Waals surface area (Å²) in [6.07, 6.45) is 3.43. The molecule has 0 aromatic carbocycles. The van der Waals surface area contributed by atoms with Crippen molar-refractivity contribution in [2.45, 2.75) is 38.3 Å². The number of aromatic nitrogens is 2. The molecular weight excluding hydrogens is 473 g/mol. The van der Waals surface area contributed by atoms with E-state index >= 15 is 0 Å². The van der Waals surface area contributed by atoms with Gasteiger partial charge < -0.3 is 10.2 Å². The first-order valence-electron chi connectivity index (χ1n) is 10.7. The van der Waals surface area contributed by atoms with E-state index < -0.39 is 17.1 Å². The van der Waals surface area contributed by atoms with E-state index in [1.54, 1.807) is 17.3 Å². The zero-order valence-corrected chi connectivity index (χ0v) is 19.4. The van der Waals surface area contributed by atoms with Crippen LogP contribution in [0.5, 0.6) is 0 Å². The number of likely N-dealkylation sites (tertiary alicyclic amines) is 1. The fraction of sp³-hybridized carbons (Fsp3) is 0.455. The van der Waals surface area contributed by atoms with Crippen LogP contribution in [-0.4, -0.2) is 46.3 Å². The number of piperidine rings is 1. The number of thiazole rings is 1. The van der Waals surface area contributed by atoms with Crippen molar-refractivity contribution in [2.75, 3.05) is 19.6 Å². The SMILES string of the molecule is O=C(NCCCCC1CCN(C(=O)c2csc(C(F)(F)F)n2)CC1)c1cc2ccncc2s1. The Hall–Kier alpha value is -2.53. The van der Waals surface area contributed by atoms with Crippen LogP contribution < -0.4 is 5.32 Å². The molecule has 3 aromatic rings. The van der Waals surface area contributed by atoms with E-state index in [0.29, 0.717) is 41.8 Å². The maximum Gasteiger partial charge on any atom is 0.443 e. The van der Waals surface area contributed by atoms with Crippen LogP contribution in [0.15, 0.2) is 29.9 Å². The predicted molar refractivity (Wildman–Crippen MR) is 122 cm³/mol. The molecule has 4 heterocycles. The van der Waals surface area contributed by atoms with Crippen molar-refractivity contribution in [1.29, 1.82) is 0 Å². The van der Waals surface area contributed by atoms with Gasteiger partial charge >= 0.3 is 6.18 Å². The summed E-state index contributed by atoms with van der Waals surface area (Å²) in [5.41, 5.74) is -0.128. The van der Waals surface area contributed by atoms with Gasteiger partial charge in [0.15, 0.2) is 5.01 Å². The molecule has 0 bridgehead atoms. The Bertz CT molecular complexity index is 1090. The van der Waals surface area contributed by atoms with Crippen LogP contribution >= 0.6 is 22.7 Å². The summed E-state index contributed by atoms with van der Waals surface area (Å²) in [5.74, 6) is -0.0281. The Kier molecular flexibility index (Phi) is 7.28. The Labute approximate surface area is 196 Å². The summed E-state index contributed by atoms with van der Waals surface area (Å²) in [7, 11) is 0. The van der Waals surface area contributed by atoms with Crippen LogP contribution in [0.2, 0.25) is 0 Å².